The van der Waals surface area contributed by atoms with Crippen LogP contribution in [0.25, 0.3) is 17.4 Å². The van der Waals surface area contributed by atoms with Crippen molar-refractivity contribution in [3.8, 4) is 11.3 Å². The van der Waals surface area contributed by atoms with Crippen molar-refractivity contribution in [2.24, 2.45) is 4.99 Å². The molecular formula is C28H21N3O4S. The Balaban J connectivity index is 1.50. The number of aryl methyl sites for hydroxylation is 2. The Kier molecular flexibility index (Phi) is 6.26. The number of furan rings is 1. The quantitative estimate of drug-likeness (QED) is 0.165. The molecule has 2 heterocycles. The van der Waals surface area contributed by atoms with E-state index < -0.39 is 0 Å². The number of aliphatic imine (C=N–C) groups is 1. The van der Waals surface area contributed by atoms with Crippen LogP contribution in [0.4, 0.5) is 17.1 Å². The molecule has 1 fully saturated rings. The number of carbonyl (C=O) groups excluding carboxylic acids is 1. The Hall–Kier alpha value is -4.43. The van der Waals surface area contributed by atoms with E-state index in [0.29, 0.717) is 27.2 Å². The summed E-state index contributed by atoms with van der Waals surface area (Å²) in [6, 6.07) is 25.8. The van der Waals surface area contributed by atoms with E-state index in [1.807, 2.05) is 67.6 Å². The number of nitrogens with zero attached hydrogens (tertiary/aromatic N) is 3. The van der Waals surface area contributed by atoms with E-state index in [0.717, 1.165) is 22.5 Å². The molecule has 0 bridgehead atoms. The summed E-state index contributed by atoms with van der Waals surface area (Å²) in [7, 11) is 0. The first kappa shape index (κ1) is 23.3. The second-order valence-corrected chi connectivity index (χ2v) is 9.24. The van der Waals surface area contributed by atoms with Crippen molar-refractivity contribution in [2.45, 2.75) is 13.8 Å². The Morgan fingerprint density at radius 3 is 2.33 bits per heavy atom. The molecular weight excluding hydrogens is 474 g/mol. The lowest BCUT2D eigenvalue weighted by Gasteiger charge is -2.15. The van der Waals surface area contributed by atoms with Gasteiger partial charge in [0.1, 0.15) is 11.5 Å². The fraction of sp³-hybridized carbons (Fsp3) is 0.0714. The van der Waals surface area contributed by atoms with Gasteiger partial charge in [-0.1, -0.05) is 36.4 Å². The number of anilines is 1. The zero-order valence-corrected chi connectivity index (χ0v) is 20.4. The van der Waals surface area contributed by atoms with Crippen LogP contribution in [0.5, 0.6) is 0 Å². The van der Waals surface area contributed by atoms with Gasteiger partial charge < -0.3 is 4.42 Å². The lowest BCUT2D eigenvalue weighted by molar-refractivity contribution is -0.385. The highest BCUT2D eigenvalue weighted by Crippen LogP contribution is 2.38. The van der Waals surface area contributed by atoms with Crippen LogP contribution < -0.4 is 4.90 Å². The fourth-order valence-electron chi connectivity index (χ4n) is 3.93. The predicted molar refractivity (Wildman–Crippen MR) is 143 cm³/mol. The van der Waals surface area contributed by atoms with E-state index in [9.17, 15) is 14.9 Å². The maximum atomic E-state index is 13.4. The molecule has 0 unspecified atom stereocenters. The van der Waals surface area contributed by atoms with Crippen molar-refractivity contribution < 1.29 is 14.1 Å². The van der Waals surface area contributed by atoms with Gasteiger partial charge in [0.15, 0.2) is 5.17 Å². The number of thioether (sulfide) groups is 1. The van der Waals surface area contributed by atoms with Crippen molar-refractivity contribution in [2.75, 3.05) is 4.90 Å². The van der Waals surface area contributed by atoms with Gasteiger partial charge >= 0.3 is 0 Å². The molecule has 3 aromatic carbocycles. The Morgan fingerprint density at radius 2 is 1.64 bits per heavy atom. The fourth-order valence-corrected chi connectivity index (χ4v) is 4.91. The Labute approximate surface area is 211 Å². The number of carbonyl (C=O) groups is 1. The second kappa shape index (κ2) is 9.67. The molecule has 5 rings (SSSR count). The molecule has 0 aliphatic carbocycles. The summed E-state index contributed by atoms with van der Waals surface area (Å²) >= 11 is 1.28. The molecule has 7 nitrogen and oxygen atoms in total. The number of nitro groups is 1. The number of para-hydroxylation sites is 2. The SMILES string of the molecule is Cc1cc([N+](=O)[O-])c(C)cc1-c1ccc(C=C2SC(=Nc3ccccc3)N(c3ccccc3)C2=O)o1. The van der Waals surface area contributed by atoms with Gasteiger partial charge in [-0.05, 0) is 73.6 Å². The molecule has 1 amide bonds. The maximum Gasteiger partial charge on any atom is 0.272 e. The van der Waals surface area contributed by atoms with E-state index in [-0.39, 0.29) is 16.5 Å². The van der Waals surface area contributed by atoms with Gasteiger partial charge in [0, 0.05) is 23.3 Å². The molecule has 36 heavy (non-hydrogen) atoms. The van der Waals surface area contributed by atoms with Crippen molar-refractivity contribution >= 4 is 46.0 Å². The van der Waals surface area contributed by atoms with Crippen LogP contribution in [0.15, 0.2) is 99.2 Å². The number of benzene rings is 3. The lowest BCUT2D eigenvalue weighted by Crippen LogP contribution is -2.28. The molecule has 1 saturated heterocycles. The largest absolute Gasteiger partial charge is 0.457 e. The van der Waals surface area contributed by atoms with E-state index >= 15 is 0 Å². The first-order valence-electron chi connectivity index (χ1n) is 11.2. The highest BCUT2D eigenvalue weighted by molar-refractivity contribution is 8.19. The standard InChI is InChI=1S/C28H21N3O4S/c1-18-16-24(31(33)34)19(2)15-23(18)25-14-13-22(35-25)17-26-27(32)30(21-11-7-4-8-12-21)28(36-26)29-20-9-5-3-6-10-20/h3-17H,1-2H3. The van der Waals surface area contributed by atoms with Gasteiger partial charge in [-0.15, -0.1) is 0 Å². The third-order valence-corrected chi connectivity index (χ3v) is 6.68. The minimum atomic E-state index is -0.389. The first-order chi connectivity index (χ1) is 17.4. The summed E-state index contributed by atoms with van der Waals surface area (Å²) in [6.45, 7) is 3.51. The Morgan fingerprint density at radius 1 is 0.944 bits per heavy atom. The lowest BCUT2D eigenvalue weighted by atomic mass is 10.0. The molecule has 8 heteroatoms. The van der Waals surface area contributed by atoms with Gasteiger partial charge in [0.25, 0.3) is 11.6 Å². The minimum Gasteiger partial charge on any atom is -0.457 e. The number of hydrogen-bond acceptors (Lipinski definition) is 6. The van der Waals surface area contributed by atoms with Gasteiger partial charge in [-0.2, -0.15) is 0 Å². The van der Waals surface area contributed by atoms with E-state index in [1.165, 1.54) is 11.8 Å². The number of nitro benzene ring substituents is 1. The molecule has 178 valence electrons. The van der Waals surface area contributed by atoms with Crippen LogP contribution in [-0.4, -0.2) is 16.0 Å². The normalized spacial score (nSPS) is 15.7. The van der Waals surface area contributed by atoms with Crippen LogP contribution in [-0.2, 0) is 4.79 Å². The maximum absolute atomic E-state index is 13.4. The van der Waals surface area contributed by atoms with Crippen molar-refractivity contribution in [3.63, 3.8) is 0 Å². The monoisotopic (exact) mass is 495 g/mol. The molecule has 0 atom stereocenters. The number of rotatable bonds is 5. The molecule has 0 spiro atoms. The van der Waals surface area contributed by atoms with Crippen LogP contribution in [0, 0.1) is 24.0 Å². The minimum absolute atomic E-state index is 0.0735. The third kappa shape index (κ3) is 4.58. The van der Waals surface area contributed by atoms with Gasteiger partial charge in [-0.3, -0.25) is 19.8 Å². The predicted octanol–water partition coefficient (Wildman–Crippen LogP) is 7.28. The highest BCUT2D eigenvalue weighted by atomic mass is 32.2. The van der Waals surface area contributed by atoms with Crippen LogP contribution >= 0.6 is 11.8 Å². The van der Waals surface area contributed by atoms with E-state index in [4.69, 9.17) is 9.41 Å². The Bertz CT molecular complexity index is 1530. The second-order valence-electron chi connectivity index (χ2n) is 8.23. The number of amides is 1. The summed E-state index contributed by atoms with van der Waals surface area (Å²) in [5, 5.41) is 11.8. The van der Waals surface area contributed by atoms with Gasteiger partial charge in [-0.25, -0.2) is 4.99 Å². The zero-order chi connectivity index (χ0) is 25.2. The van der Waals surface area contributed by atoms with Crippen molar-refractivity contribution in [1.82, 2.24) is 0 Å². The highest BCUT2D eigenvalue weighted by Gasteiger charge is 2.35. The molecule has 4 aromatic rings. The number of hydrogen-bond donors (Lipinski definition) is 0. The first-order valence-corrected chi connectivity index (χ1v) is 12.0. The molecule has 0 N–H and O–H groups in total. The van der Waals surface area contributed by atoms with Crippen LogP contribution in [0.1, 0.15) is 16.9 Å². The summed E-state index contributed by atoms with van der Waals surface area (Å²) in [5.74, 6) is 0.886. The molecule has 1 aromatic heterocycles. The summed E-state index contributed by atoms with van der Waals surface area (Å²) < 4.78 is 6.04. The average Bonchev–Trinajstić information content (AvgIpc) is 3.45. The van der Waals surface area contributed by atoms with Crippen molar-refractivity contribution in [1.29, 1.82) is 0 Å². The zero-order valence-electron chi connectivity index (χ0n) is 19.5. The van der Waals surface area contributed by atoms with Crippen LogP contribution in [0.2, 0.25) is 0 Å². The third-order valence-electron chi connectivity index (χ3n) is 5.71. The molecule has 0 radical (unpaired) electrons. The summed E-state index contributed by atoms with van der Waals surface area (Å²) in [5.41, 5.74) is 3.61. The van der Waals surface area contributed by atoms with Gasteiger partial charge in [0.2, 0.25) is 0 Å². The van der Waals surface area contributed by atoms with Crippen molar-refractivity contribution in [3.05, 3.63) is 117 Å². The number of amidine groups is 1. The van der Waals surface area contributed by atoms with E-state index in [1.54, 1.807) is 42.2 Å². The van der Waals surface area contributed by atoms with Crippen LogP contribution in [0.3, 0.4) is 0 Å². The summed E-state index contributed by atoms with van der Waals surface area (Å²) in [4.78, 5) is 31.1. The molecule has 1 aliphatic rings. The molecule has 1 aliphatic heterocycles. The summed E-state index contributed by atoms with van der Waals surface area (Å²) in [6.07, 6.45) is 1.70. The topological polar surface area (TPSA) is 89.0 Å². The van der Waals surface area contributed by atoms with E-state index in [2.05, 4.69) is 0 Å². The molecule has 0 saturated carbocycles. The van der Waals surface area contributed by atoms with Gasteiger partial charge in [0.05, 0.1) is 21.2 Å². The average molecular weight is 496 g/mol. The smallest absolute Gasteiger partial charge is 0.272 e.